The van der Waals surface area contributed by atoms with Gasteiger partial charge >= 0.3 is 0 Å². The topological polar surface area (TPSA) is 25.8 Å². The standard InChI is InChI=1S/C28H24NS.C18H24NSi.Ir/c1-28(2,3)18-19-14-15-29-25(16-19)24-11-7-10-23-22-13-12-21(17-26(22)30-27(23)24)20-8-5-4-6-9-20;1-14(2)11-16-12-17(15-9-7-6-8-10-15)19-13-18(16)20(3,4)5;/h4-10,12-17H,18H2,1-3H3;6-9,12-14H,11H2,1-5H3;/q2*-1;. The minimum absolute atomic E-state index is 0. The molecule has 7 rings (SSSR count). The first kappa shape index (κ1) is 38.5. The van der Waals surface area contributed by atoms with E-state index in [0.717, 1.165) is 35.4 Å². The largest absolute Gasteiger partial charge is 0.305 e. The molecule has 5 heteroatoms. The Bertz CT molecular complexity index is 2210. The minimum atomic E-state index is -1.34. The fourth-order valence-corrected chi connectivity index (χ4v) is 9.39. The summed E-state index contributed by atoms with van der Waals surface area (Å²) in [6.45, 7) is 18.6. The molecule has 4 aromatic carbocycles. The molecular formula is C46H48IrN2SSi-2. The van der Waals surface area contributed by atoms with Gasteiger partial charge in [0.15, 0.2) is 0 Å². The Balaban J connectivity index is 0.000000211. The predicted octanol–water partition coefficient (Wildman–Crippen LogP) is 12.5. The summed E-state index contributed by atoms with van der Waals surface area (Å²) in [6, 6.07) is 43.0. The molecule has 0 unspecified atom stereocenters. The summed E-state index contributed by atoms with van der Waals surface area (Å²) in [5.74, 6) is 0.667. The van der Waals surface area contributed by atoms with Crippen LogP contribution in [0, 0.1) is 23.5 Å². The molecule has 0 N–H and O–H groups in total. The smallest absolute Gasteiger partial charge is 0.0798 e. The zero-order valence-electron chi connectivity index (χ0n) is 31.1. The van der Waals surface area contributed by atoms with Crippen LogP contribution < -0.4 is 5.19 Å². The van der Waals surface area contributed by atoms with Crippen LogP contribution in [0.4, 0.5) is 0 Å². The molecule has 2 nitrogen and oxygen atoms in total. The number of pyridine rings is 2. The van der Waals surface area contributed by atoms with Crippen LogP contribution in [-0.2, 0) is 32.9 Å². The summed E-state index contributed by atoms with van der Waals surface area (Å²) >= 11 is 1.84. The fourth-order valence-electron chi connectivity index (χ4n) is 6.56. The first-order chi connectivity index (χ1) is 23.9. The molecule has 0 saturated carbocycles. The van der Waals surface area contributed by atoms with E-state index in [9.17, 15) is 0 Å². The Morgan fingerprint density at radius 3 is 2.20 bits per heavy atom. The molecule has 263 valence electrons. The number of aromatic nitrogens is 2. The second kappa shape index (κ2) is 16.3. The summed E-state index contributed by atoms with van der Waals surface area (Å²) in [7, 11) is -1.34. The third kappa shape index (κ3) is 9.58. The van der Waals surface area contributed by atoms with Gasteiger partial charge < -0.3 is 9.97 Å². The van der Waals surface area contributed by atoms with Crippen LogP contribution in [0.15, 0.2) is 116 Å². The van der Waals surface area contributed by atoms with Crippen molar-refractivity contribution in [2.75, 3.05) is 0 Å². The Morgan fingerprint density at radius 2 is 1.51 bits per heavy atom. The van der Waals surface area contributed by atoms with E-state index in [4.69, 9.17) is 4.98 Å². The molecule has 0 aliphatic heterocycles. The van der Waals surface area contributed by atoms with E-state index in [2.05, 4.69) is 156 Å². The van der Waals surface area contributed by atoms with Crippen LogP contribution in [0.5, 0.6) is 0 Å². The molecular weight excluding hydrogens is 833 g/mol. The zero-order valence-corrected chi connectivity index (χ0v) is 35.3. The molecule has 0 aliphatic rings. The van der Waals surface area contributed by atoms with Crippen LogP contribution >= 0.6 is 11.3 Å². The average molecular weight is 881 g/mol. The van der Waals surface area contributed by atoms with E-state index in [1.807, 2.05) is 41.8 Å². The number of benzene rings is 4. The quantitative estimate of drug-likeness (QED) is 0.118. The number of thiophene rings is 1. The van der Waals surface area contributed by atoms with E-state index in [1.165, 1.54) is 47.6 Å². The van der Waals surface area contributed by atoms with Gasteiger partial charge in [-0.25, -0.2) is 0 Å². The van der Waals surface area contributed by atoms with Gasteiger partial charge in [-0.3, -0.25) is 0 Å². The van der Waals surface area contributed by atoms with Gasteiger partial charge in [0.2, 0.25) is 0 Å². The molecule has 3 aromatic heterocycles. The SMILES string of the molecule is CC(C)(C)Cc1ccnc(-c2[c-]ccc3c2sc2cc(-c4ccccc4)ccc23)c1.CC(C)Cc1cc(-c2[c-]cccc2)ncc1[Si](C)(C)C.[Ir]. The Hall–Kier alpha value is -3.73. The van der Waals surface area contributed by atoms with Crippen LogP contribution in [0.3, 0.4) is 0 Å². The number of hydrogen-bond acceptors (Lipinski definition) is 3. The normalized spacial score (nSPS) is 11.7. The number of nitrogens with zero attached hydrogens (tertiary/aromatic N) is 2. The second-order valence-corrected chi connectivity index (χ2v) is 22.0. The maximum Gasteiger partial charge on any atom is 0.0798 e. The third-order valence-corrected chi connectivity index (χ3v) is 12.0. The average Bonchev–Trinajstić information content (AvgIpc) is 3.46. The van der Waals surface area contributed by atoms with Crippen molar-refractivity contribution in [3.8, 4) is 33.6 Å². The minimum Gasteiger partial charge on any atom is -0.305 e. The van der Waals surface area contributed by atoms with Gasteiger partial charge in [-0.2, -0.15) is 11.3 Å². The maximum absolute atomic E-state index is 4.70. The summed E-state index contributed by atoms with van der Waals surface area (Å²) in [5, 5.41) is 4.08. The number of fused-ring (bicyclic) bond motifs is 3. The van der Waals surface area contributed by atoms with Crippen LogP contribution in [0.2, 0.25) is 19.6 Å². The predicted molar refractivity (Wildman–Crippen MR) is 220 cm³/mol. The van der Waals surface area contributed by atoms with Crippen LogP contribution in [0.1, 0.15) is 45.7 Å². The summed E-state index contributed by atoms with van der Waals surface area (Å²) in [4.78, 5) is 9.39. The van der Waals surface area contributed by atoms with Crippen molar-refractivity contribution in [2.45, 2.75) is 67.1 Å². The number of rotatable bonds is 7. The summed E-state index contributed by atoms with van der Waals surface area (Å²) in [6.07, 6.45) is 6.21. The van der Waals surface area contributed by atoms with Crippen LogP contribution in [0.25, 0.3) is 53.8 Å². The molecule has 0 spiro atoms. The molecule has 7 aromatic rings. The Kier molecular flexibility index (Phi) is 12.3. The fraction of sp³-hybridized carbons (Fsp3) is 0.261. The maximum atomic E-state index is 4.70. The van der Waals surface area contributed by atoms with E-state index in [0.29, 0.717) is 5.92 Å². The summed E-state index contributed by atoms with van der Waals surface area (Å²) in [5.41, 5.74) is 9.79. The van der Waals surface area contributed by atoms with Crippen molar-refractivity contribution >= 4 is 44.8 Å². The van der Waals surface area contributed by atoms with Crippen molar-refractivity contribution in [2.24, 2.45) is 11.3 Å². The van der Waals surface area contributed by atoms with E-state index in [-0.39, 0.29) is 25.5 Å². The van der Waals surface area contributed by atoms with Gasteiger partial charge in [0.05, 0.1) is 8.07 Å². The molecule has 3 heterocycles. The van der Waals surface area contributed by atoms with Crippen molar-refractivity contribution < 1.29 is 20.1 Å². The first-order valence-corrected chi connectivity index (χ1v) is 22.0. The third-order valence-electron chi connectivity index (χ3n) is 8.77. The van der Waals surface area contributed by atoms with Gasteiger partial charge in [0.25, 0.3) is 0 Å². The Labute approximate surface area is 323 Å². The van der Waals surface area contributed by atoms with Gasteiger partial charge in [0, 0.05) is 37.2 Å². The van der Waals surface area contributed by atoms with Gasteiger partial charge in [-0.05, 0) is 74.1 Å². The van der Waals surface area contributed by atoms with E-state index >= 15 is 0 Å². The van der Waals surface area contributed by atoms with Gasteiger partial charge in [-0.15, -0.1) is 59.7 Å². The molecule has 0 bridgehead atoms. The van der Waals surface area contributed by atoms with Crippen molar-refractivity contribution in [1.82, 2.24) is 9.97 Å². The van der Waals surface area contributed by atoms with Gasteiger partial charge in [-0.1, -0.05) is 125 Å². The molecule has 0 atom stereocenters. The number of hydrogen-bond donors (Lipinski definition) is 0. The molecule has 0 amide bonds. The zero-order chi connectivity index (χ0) is 35.5. The van der Waals surface area contributed by atoms with Crippen molar-refractivity contribution in [1.29, 1.82) is 0 Å². The van der Waals surface area contributed by atoms with E-state index in [1.54, 1.807) is 0 Å². The van der Waals surface area contributed by atoms with Crippen molar-refractivity contribution in [3.05, 3.63) is 139 Å². The van der Waals surface area contributed by atoms with Gasteiger partial charge in [0.1, 0.15) is 0 Å². The second-order valence-electron chi connectivity index (χ2n) is 15.9. The molecule has 51 heavy (non-hydrogen) atoms. The first-order valence-electron chi connectivity index (χ1n) is 17.7. The molecule has 0 saturated heterocycles. The molecule has 0 fully saturated rings. The Morgan fingerprint density at radius 1 is 0.745 bits per heavy atom. The monoisotopic (exact) mass is 881 g/mol. The van der Waals surface area contributed by atoms with E-state index < -0.39 is 8.07 Å². The van der Waals surface area contributed by atoms with Crippen LogP contribution in [-0.4, -0.2) is 18.0 Å². The molecule has 1 radical (unpaired) electrons. The summed E-state index contributed by atoms with van der Waals surface area (Å²) < 4.78 is 2.57. The van der Waals surface area contributed by atoms with Crippen molar-refractivity contribution in [3.63, 3.8) is 0 Å². The molecule has 0 aliphatic carbocycles.